The average Bonchev–Trinajstić information content (AvgIpc) is 3.05. The fraction of sp³-hybridized carbons (Fsp3) is 0.429. The van der Waals surface area contributed by atoms with Crippen LogP contribution in [0.2, 0.25) is 0 Å². The molecule has 1 fully saturated rings. The zero-order valence-corrected chi connectivity index (χ0v) is 10.1. The number of hydrogen-bond donors (Lipinski definition) is 1. The van der Waals surface area contributed by atoms with Crippen LogP contribution in [0.15, 0.2) is 30.6 Å². The molecule has 4 heteroatoms. The Morgan fingerprint density at radius 3 is 2.83 bits per heavy atom. The molecule has 4 nitrogen and oxygen atoms in total. The number of nitrogens with zero attached hydrogens (tertiary/aromatic N) is 3. The molecule has 1 aliphatic carbocycles. The van der Waals surface area contributed by atoms with E-state index < -0.39 is 11.5 Å². The van der Waals surface area contributed by atoms with Crippen molar-refractivity contribution in [3.63, 3.8) is 0 Å². The van der Waals surface area contributed by atoms with Gasteiger partial charge in [0.1, 0.15) is 11.8 Å². The van der Waals surface area contributed by atoms with Gasteiger partial charge in [-0.25, -0.2) is 4.98 Å². The van der Waals surface area contributed by atoms with Crippen LogP contribution in [0.5, 0.6) is 0 Å². The summed E-state index contributed by atoms with van der Waals surface area (Å²) in [6.45, 7) is 0. The van der Waals surface area contributed by atoms with Gasteiger partial charge in [0.25, 0.3) is 0 Å². The van der Waals surface area contributed by atoms with Gasteiger partial charge in [-0.15, -0.1) is 0 Å². The number of nitriles is 1. The Kier molecular flexibility index (Phi) is 2.57. The van der Waals surface area contributed by atoms with E-state index in [4.69, 9.17) is 0 Å². The molecule has 92 valence electrons. The van der Waals surface area contributed by atoms with Crippen molar-refractivity contribution in [1.29, 1.82) is 5.26 Å². The zero-order chi connectivity index (χ0) is 12.6. The van der Waals surface area contributed by atoms with E-state index in [1.807, 2.05) is 35.0 Å². The minimum atomic E-state index is -0.787. The Bertz CT molecular complexity index is 572. The van der Waals surface area contributed by atoms with Crippen LogP contribution in [0.4, 0.5) is 0 Å². The summed E-state index contributed by atoms with van der Waals surface area (Å²) in [5.74, 6) is 0. The van der Waals surface area contributed by atoms with Gasteiger partial charge in [0.15, 0.2) is 0 Å². The monoisotopic (exact) mass is 241 g/mol. The number of hydrogen-bond acceptors (Lipinski definition) is 3. The Balaban J connectivity index is 2.01. The number of aromatic nitrogens is 2. The summed E-state index contributed by atoms with van der Waals surface area (Å²) in [7, 11) is 0. The fourth-order valence-electron chi connectivity index (χ4n) is 2.82. The first-order chi connectivity index (χ1) is 8.75. The highest BCUT2D eigenvalue weighted by Crippen LogP contribution is 2.46. The van der Waals surface area contributed by atoms with Gasteiger partial charge in [0, 0.05) is 12.4 Å². The molecule has 0 bridgehead atoms. The first-order valence-electron chi connectivity index (χ1n) is 6.28. The van der Waals surface area contributed by atoms with Crippen molar-refractivity contribution >= 4 is 5.65 Å². The molecule has 1 aliphatic rings. The normalized spacial score (nSPS) is 19.8. The fourth-order valence-corrected chi connectivity index (χ4v) is 2.82. The summed E-state index contributed by atoms with van der Waals surface area (Å²) >= 11 is 0. The highest BCUT2D eigenvalue weighted by Gasteiger charge is 2.42. The summed E-state index contributed by atoms with van der Waals surface area (Å²) < 4.78 is 1.87. The van der Waals surface area contributed by atoms with E-state index in [2.05, 4.69) is 11.1 Å². The number of fused-ring (bicyclic) bond motifs is 1. The quantitative estimate of drug-likeness (QED) is 0.878. The lowest BCUT2D eigenvalue weighted by Crippen LogP contribution is -2.24. The van der Waals surface area contributed by atoms with Gasteiger partial charge in [0.2, 0.25) is 0 Å². The minimum absolute atomic E-state index is 0.602. The van der Waals surface area contributed by atoms with Gasteiger partial charge >= 0.3 is 0 Å². The second-order valence-corrected chi connectivity index (χ2v) is 5.01. The van der Waals surface area contributed by atoms with E-state index in [1.54, 1.807) is 0 Å². The number of imidazole rings is 1. The topological polar surface area (TPSA) is 61.3 Å². The van der Waals surface area contributed by atoms with Gasteiger partial charge in [0.05, 0.1) is 17.2 Å². The van der Waals surface area contributed by atoms with Crippen LogP contribution in [0.25, 0.3) is 5.65 Å². The molecule has 2 heterocycles. The molecular formula is C14H15N3O. The maximum atomic E-state index is 10.5. The zero-order valence-electron chi connectivity index (χ0n) is 10.1. The maximum Gasteiger partial charge on any atom is 0.137 e. The molecule has 0 radical (unpaired) electrons. The molecule has 1 saturated carbocycles. The highest BCUT2D eigenvalue weighted by atomic mass is 16.3. The first kappa shape index (κ1) is 11.2. The Labute approximate surface area is 106 Å². The summed E-state index contributed by atoms with van der Waals surface area (Å²) in [5.41, 5.74) is 0.764. The van der Waals surface area contributed by atoms with E-state index in [1.165, 1.54) is 0 Å². The van der Waals surface area contributed by atoms with E-state index >= 15 is 0 Å². The van der Waals surface area contributed by atoms with Crippen LogP contribution < -0.4 is 0 Å². The second kappa shape index (κ2) is 4.11. The van der Waals surface area contributed by atoms with Crippen molar-refractivity contribution in [3.05, 3.63) is 36.3 Å². The largest absolute Gasteiger partial charge is 0.385 e. The van der Waals surface area contributed by atoms with E-state index in [0.29, 0.717) is 5.69 Å². The summed E-state index contributed by atoms with van der Waals surface area (Å²) in [4.78, 5) is 4.41. The average molecular weight is 241 g/mol. The summed E-state index contributed by atoms with van der Waals surface area (Å²) in [6.07, 6.45) is 6.47. The molecule has 0 amide bonds. The molecule has 1 N–H and O–H groups in total. The molecule has 0 saturated heterocycles. The minimum Gasteiger partial charge on any atom is -0.385 e. The summed E-state index contributed by atoms with van der Waals surface area (Å²) in [6, 6.07) is 8.04. The third kappa shape index (κ3) is 1.59. The molecule has 0 aromatic carbocycles. The third-order valence-electron chi connectivity index (χ3n) is 3.90. The van der Waals surface area contributed by atoms with Crippen molar-refractivity contribution in [2.24, 2.45) is 5.41 Å². The third-order valence-corrected chi connectivity index (χ3v) is 3.90. The molecule has 0 spiro atoms. The van der Waals surface area contributed by atoms with Crippen molar-refractivity contribution in [1.82, 2.24) is 9.38 Å². The Hall–Kier alpha value is -1.86. The smallest absolute Gasteiger partial charge is 0.137 e. The van der Waals surface area contributed by atoms with E-state index in [-0.39, 0.29) is 0 Å². The Morgan fingerprint density at radius 2 is 2.17 bits per heavy atom. The van der Waals surface area contributed by atoms with Crippen LogP contribution >= 0.6 is 0 Å². The van der Waals surface area contributed by atoms with Gasteiger partial charge < -0.3 is 9.51 Å². The first-order valence-corrected chi connectivity index (χ1v) is 6.28. The standard InChI is InChI=1S/C14H15N3O/c15-10-14(6-2-3-7-14)13(18)11-9-17-8-4-1-5-12(17)16-11/h1,4-5,8-9,13,18H,2-3,6-7H2. The number of aliphatic hydroxyl groups is 1. The molecule has 0 aliphatic heterocycles. The van der Waals surface area contributed by atoms with Crippen LogP contribution in [-0.4, -0.2) is 14.5 Å². The highest BCUT2D eigenvalue weighted by molar-refractivity contribution is 5.40. The van der Waals surface area contributed by atoms with E-state index in [9.17, 15) is 10.4 Å². The van der Waals surface area contributed by atoms with Crippen LogP contribution in [0, 0.1) is 16.7 Å². The van der Waals surface area contributed by atoms with Crippen molar-refractivity contribution in [2.45, 2.75) is 31.8 Å². The molecule has 3 rings (SSSR count). The van der Waals surface area contributed by atoms with Gasteiger partial charge in [-0.1, -0.05) is 18.9 Å². The number of aliphatic hydroxyl groups excluding tert-OH is 1. The molecule has 2 aromatic rings. The molecule has 1 unspecified atom stereocenters. The van der Waals surface area contributed by atoms with Crippen LogP contribution in [0.3, 0.4) is 0 Å². The maximum absolute atomic E-state index is 10.5. The number of pyridine rings is 1. The lowest BCUT2D eigenvalue weighted by molar-refractivity contribution is 0.0638. The molecule has 1 atom stereocenters. The van der Waals surface area contributed by atoms with Crippen molar-refractivity contribution < 1.29 is 5.11 Å². The molecule has 18 heavy (non-hydrogen) atoms. The second-order valence-electron chi connectivity index (χ2n) is 5.01. The predicted octanol–water partition coefficient (Wildman–Crippen LogP) is 2.45. The SMILES string of the molecule is N#CC1(C(O)c2cn3ccccc3n2)CCCC1. The van der Waals surface area contributed by atoms with Gasteiger partial charge in [-0.3, -0.25) is 0 Å². The molecule has 2 aromatic heterocycles. The number of rotatable bonds is 2. The Morgan fingerprint density at radius 1 is 1.39 bits per heavy atom. The predicted molar refractivity (Wildman–Crippen MR) is 66.7 cm³/mol. The van der Waals surface area contributed by atoms with Crippen molar-refractivity contribution in [3.8, 4) is 6.07 Å². The van der Waals surface area contributed by atoms with Gasteiger partial charge in [-0.2, -0.15) is 5.26 Å². The van der Waals surface area contributed by atoms with Gasteiger partial charge in [-0.05, 0) is 25.0 Å². The lowest BCUT2D eigenvalue weighted by Gasteiger charge is -2.25. The van der Waals surface area contributed by atoms with Crippen molar-refractivity contribution in [2.75, 3.05) is 0 Å². The van der Waals surface area contributed by atoms with E-state index in [0.717, 1.165) is 31.3 Å². The summed E-state index contributed by atoms with van der Waals surface area (Å²) in [5, 5.41) is 19.9. The van der Waals surface area contributed by atoms with Crippen LogP contribution in [0.1, 0.15) is 37.5 Å². The van der Waals surface area contributed by atoms with Crippen LogP contribution in [-0.2, 0) is 0 Å². The lowest BCUT2D eigenvalue weighted by atomic mass is 9.80. The molecular weight excluding hydrogens is 226 g/mol.